The number of carbonyl (C=O) groups is 2. The van der Waals surface area contributed by atoms with Crippen LogP contribution < -0.4 is 10.7 Å². The predicted octanol–water partition coefficient (Wildman–Crippen LogP) is 0.499. The standard InChI is InChI=1S/C17H20N6O2/c1-21-9-8-19-15(21)11-22(2)17(25)13-10-14(16(18)24)23(20-13)12-6-4-3-5-7-12/h3-9,14H,10-11H2,1-2H3,(H2,18,24)/t14-/m1/s1. The first kappa shape index (κ1) is 16.7. The molecule has 0 radical (unpaired) electrons. The molecule has 1 aromatic carbocycles. The minimum absolute atomic E-state index is 0.188. The zero-order valence-corrected chi connectivity index (χ0v) is 14.2. The van der Waals surface area contributed by atoms with Gasteiger partial charge >= 0.3 is 0 Å². The van der Waals surface area contributed by atoms with Gasteiger partial charge in [0, 0.05) is 32.9 Å². The second kappa shape index (κ2) is 6.76. The normalized spacial score (nSPS) is 16.6. The van der Waals surface area contributed by atoms with Gasteiger partial charge in [-0.2, -0.15) is 5.10 Å². The Morgan fingerprint density at radius 3 is 2.64 bits per heavy atom. The highest BCUT2D eigenvalue weighted by atomic mass is 16.2. The molecule has 1 aliphatic heterocycles. The fourth-order valence-corrected chi connectivity index (χ4v) is 2.73. The zero-order chi connectivity index (χ0) is 18.0. The molecule has 8 nitrogen and oxygen atoms in total. The van der Waals surface area contributed by atoms with Gasteiger partial charge in [0.1, 0.15) is 17.6 Å². The molecule has 0 saturated carbocycles. The lowest BCUT2D eigenvalue weighted by Gasteiger charge is -2.20. The van der Waals surface area contributed by atoms with E-state index >= 15 is 0 Å². The van der Waals surface area contributed by atoms with Gasteiger partial charge in [-0.3, -0.25) is 14.6 Å². The number of para-hydroxylation sites is 1. The Morgan fingerprint density at radius 2 is 2.04 bits per heavy atom. The summed E-state index contributed by atoms with van der Waals surface area (Å²) in [6, 6.07) is 8.54. The number of hydrazone groups is 1. The van der Waals surface area contributed by atoms with E-state index in [1.807, 2.05) is 48.1 Å². The van der Waals surface area contributed by atoms with Crippen LogP contribution in [0.15, 0.2) is 47.8 Å². The van der Waals surface area contributed by atoms with Crippen LogP contribution in [0.2, 0.25) is 0 Å². The number of benzene rings is 1. The van der Waals surface area contributed by atoms with Crippen molar-refractivity contribution in [2.75, 3.05) is 12.1 Å². The quantitative estimate of drug-likeness (QED) is 0.857. The van der Waals surface area contributed by atoms with E-state index in [0.29, 0.717) is 12.3 Å². The number of carbonyl (C=O) groups excluding carboxylic acids is 2. The smallest absolute Gasteiger partial charge is 0.270 e. The summed E-state index contributed by atoms with van der Waals surface area (Å²) in [5.74, 6) is 0.00986. The number of nitrogens with zero attached hydrogens (tertiary/aromatic N) is 5. The SMILES string of the molecule is CN(Cc1nccn1C)C(=O)C1=NN(c2ccccc2)[C@@H](C(N)=O)C1. The third-order valence-corrected chi connectivity index (χ3v) is 4.15. The minimum atomic E-state index is -0.664. The molecule has 2 amide bonds. The van der Waals surface area contributed by atoms with E-state index in [4.69, 9.17) is 5.73 Å². The van der Waals surface area contributed by atoms with Gasteiger partial charge in [0.2, 0.25) is 5.91 Å². The van der Waals surface area contributed by atoms with Gasteiger partial charge in [-0.25, -0.2) is 4.98 Å². The molecule has 1 aliphatic rings. The highest BCUT2D eigenvalue weighted by Crippen LogP contribution is 2.24. The van der Waals surface area contributed by atoms with Crippen molar-refractivity contribution in [3.63, 3.8) is 0 Å². The molecular formula is C17H20N6O2. The number of hydrogen-bond acceptors (Lipinski definition) is 5. The second-order valence-electron chi connectivity index (χ2n) is 5.96. The van der Waals surface area contributed by atoms with Crippen LogP contribution in [0.3, 0.4) is 0 Å². The molecule has 1 atom stereocenters. The molecule has 25 heavy (non-hydrogen) atoms. The van der Waals surface area contributed by atoms with Gasteiger partial charge in [0.15, 0.2) is 0 Å². The summed E-state index contributed by atoms with van der Waals surface area (Å²) < 4.78 is 1.85. The molecule has 0 spiro atoms. The maximum atomic E-state index is 12.7. The minimum Gasteiger partial charge on any atom is -0.368 e. The van der Waals surface area contributed by atoms with Gasteiger partial charge in [0.05, 0.1) is 12.2 Å². The van der Waals surface area contributed by atoms with Crippen molar-refractivity contribution in [3.8, 4) is 0 Å². The number of rotatable bonds is 5. The number of aryl methyl sites for hydroxylation is 1. The molecule has 0 aliphatic carbocycles. The van der Waals surface area contributed by atoms with E-state index in [0.717, 1.165) is 11.5 Å². The summed E-state index contributed by atoms with van der Waals surface area (Å²) >= 11 is 0. The van der Waals surface area contributed by atoms with E-state index in [-0.39, 0.29) is 12.3 Å². The average molecular weight is 340 g/mol. The van der Waals surface area contributed by atoms with E-state index in [2.05, 4.69) is 10.1 Å². The Bertz CT molecular complexity index is 814. The summed E-state index contributed by atoms with van der Waals surface area (Å²) in [5.41, 5.74) is 6.53. The Labute approximate surface area is 145 Å². The van der Waals surface area contributed by atoms with Crippen molar-refractivity contribution in [2.24, 2.45) is 17.9 Å². The highest BCUT2D eigenvalue weighted by Gasteiger charge is 2.36. The summed E-state index contributed by atoms with van der Waals surface area (Å²) in [6.45, 7) is 0.355. The first-order valence-corrected chi connectivity index (χ1v) is 7.90. The second-order valence-corrected chi connectivity index (χ2v) is 5.96. The predicted molar refractivity (Wildman–Crippen MR) is 93.6 cm³/mol. The van der Waals surface area contributed by atoms with Crippen LogP contribution >= 0.6 is 0 Å². The molecule has 0 bridgehead atoms. The average Bonchev–Trinajstić information content (AvgIpc) is 3.22. The Balaban J connectivity index is 1.80. The monoisotopic (exact) mass is 340 g/mol. The number of imidazole rings is 1. The maximum Gasteiger partial charge on any atom is 0.270 e. The number of hydrogen-bond donors (Lipinski definition) is 1. The largest absolute Gasteiger partial charge is 0.368 e. The van der Waals surface area contributed by atoms with Gasteiger partial charge in [-0.15, -0.1) is 0 Å². The highest BCUT2D eigenvalue weighted by molar-refractivity contribution is 6.40. The number of aromatic nitrogens is 2. The van der Waals surface area contributed by atoms with Gasteiger partial charge < -0.3 is 15.2 Å². The van der Waals surface area contributed by atoms with Crippen LogP contribution in [-0.4, -0.2) is 45.1 Å². The first-order chi connectivity index (χ1) is 12.0. The molecule has 2 aromatic rings. The Morgan fingerprint density at radius 1 is 1.32 bits per heavy atom. The van der Waals surface area contributed by atoms with Crippen molar-refractivity contribution >= 4 is 23.2 Å². The van der Waals surface area contributed by atoms with Crippen molar-refractivity contribution in [2.45, 2.75) is 19.0 Å². The Kier molecular flexibility index (Phi) is 4.51. The first-order valence-electron chi connectivity index (χ1n) is 7.90. The topological polar surface area (TPSA) is 96.8 Å². The molecule has 0 fully saturated rings. The van der Waals surface area contributed by atoms with Gasteiger partial charge in [-0.05, 0) is 12.1 Å². The van der Waals surface area contributed by atoms with Crippen LogP contribution in [0.5, 0.6) is 0 Å². The summed E-state index contributed by atoms with van der Waals surface area (Å²) in [7, 11) is 3.55. The van der Waals surface area contributed by atoms with E-state index in [9.17, 15) is 9.59 Å². The lowest BCUT2D eigenvalue weighted by Crippen LogP contribution is -2.40. The zero-order valence-electron chi connectivity index (χ0n) is 14.2. The van der Waals surface area contributed by atoms with Gasteiger partial charge in [0.25, 0.3) is 5.91 Å². The van der Waals surface area contributed by atoms with Crippen molar-refractivity contribution in [1.29, 1.82) is 0 Å². The maximum absolute atomic E-state index is 12.7. The number of anilines is 1. The van der Waals surface area contributed by atoms with Gasteiger partial charge in [-0.1, -0.05) is 18.2 Å². The fraction of sp³-hybridized carbons (Fsp3) is 0.294. The van der Waals surface area contributed by atoms with E-state index in [1.165, 1.54) is 9.91 Å². The third-order valence-electron chi connectivity index (χ3n) is 4.15. The number of nitrogens with two attached hydrogens (primary N) is 1. The van der Waals surface area contributed by atoms with Crippen LogP contribution in [-0.2, 0) is 23.2 Å². The van der Waals surface area contributed by atoms with E-state index < -0.39 is 11.9 Å². The van der Waals surface area contributed by atoms with E-state index in [1.54, 1.807) is 13.2 Å². The summed E-state index contributed by atoms with van der Waals surface area (Å²) in [5, 5.41) is 5.88. The Hall–Kier alpha value is -3.16. The summed E-state index contributed by atoms with van der Waals surface area (Å²) in [4.78, 5) is 30.3. The van der Waals surface area contributed by atoms with Crippen LogP contribution in [0.1, 0.15) is 12.2 Å². The third kappa shape index (κ3) is 3.37. The van der Waals surface area contributed by atoms with Crippen LogP contribution in [0.25, 0.3) is 0 Å². The van der Waals surface area contributed by atoms with Crippen LogP contribution in [0, 0.1) is 0 Å². The molecule has 8 heteroatoms. The lowest BCUT2D eigenvalue weighted by atomic mass is 10.1. The number of amides is 2. The van der Waals surface area contributed by atoms with Crippen LogP contribution in [0.4, 0.5) is 5.69 Å². The number of primary amides is 1. The molecule has 3 rings (SSSR count). The summed E-state index contributed by atoms with van der Waals surface area (Å²) in [6.07, 6.45) is 3.69. The molecule has 2 heterocycles. The van der Waals surface area contributed by atoms with Crippen molar-refractivity contribution in [1.82, 2.24) is 14.5 Å². The fourth-order valence-electron chi connectivity index (χ4n) is 2.73. The molecule has 1 aromatic heterocycles. The lowest BCUT2D eigenvalue weighted by molar-refractivity contribution is -0.123. The molecule has 130 valence electrons. The van der Waals surface area contributed by atoms with Crippen molar-refractivity contribution < 1.29 is 9.59 Å². The molecular weight excluding hydrogens is 320 g/mol. The molecule has 2 N–H and O–H groups in total. The molecule has 0 unspecified atom stereocenters. The molecule has 0 saturated heterocycles. The van der Waals surface area contributed by atoms with Crippen molar-refractivity contribution in [3.05, 3.63) is 48.5 Å².